The Balaban J connectivity index is 1.67. The van der Waals surface area contributed by atoms with Crippen LogP contribution in [0.4, 0.5) is 5.82 Å². The number of fused-ring (bicyclic) bond motifs is 1. The average molecular weight is 394 g/mol. The number of carbonyl (C=O) groups excluding carboxylic acids is 2. The highest BCUT2D eigenvalue weighted by atomic mass is 16.5. The van der Waals surface area contributed by atoms with Gasteiger partial charge in [-0.1, -0.05) is 12.1 Å². The Morgan fingerprint density at radius 2 is 1.97 bits per heavy atom. The molecule has 29 heavy (non-hydrogen) atoms. The third-order valence-electron chi connectivity index (χ3n) is 5.80. The number of aromatic nitrogens is 2. The number of hydrogen-bond acceptors (Lipinski definition) is 5. The maximum Gasteiger partial charge on any atom is 0.233 e. The number of rotatable bonds is 4. The van der Waals surface area contributed by atoms with Crippen molar-refractivity contribution in [3.63, 3.8) is 0 Å². The molecule has 0 spiro atoms. The zero-order valence-corrected chi connectivity index (χ0v) is 17.1. The Labute approximate surface area is 170 Å². The molecular weight excluding hydrogens is 368 g/mol. The van der Waals surface area contributed by atoms with Crippen molar-refractivity contribution in [2.75, 3.05) is 18.6 Å². The molecule has 2 aromatic rings. The molecule has 0 saturated carbocycles. The third kappa shape index (κ3) is 3.69. The van der Waals surface area contributed by atoms with Crippen LogP contribution in [0.3, 0.4) is 0 Å². The van der Waals surface area contributed by atoms with Gasteiger partial charge in [-0.05, 0) is 43.9 Å². The molecule has 1 fully saturated rings. The molecule has 3 heterocycles. The Hall–Kier alpha value is -2.96. The molecule has 2 aliphatic rings. The summed E-state index contributed by atoms with van der Waals surface area (Å²) in [6.07, 6.45) is 3.22. The number of carbonyl (C=O) groups is 2. The van der Waals surface area contributed by atoms with Gasteiger partial charge < -0.3 is 9.64 Å². The van der Waals surface area contributed by atoms with Crippen LogP contribution in [0.5, 0.6) is 5.75 Å². The summed E-state index contributed by atoms with van der Waals surface area (Å²) in [5.41, 5.74) is 2.72. The highest BCUT2D eigenvalue weighted by Gasteiger charge is 2.34. The van der Waals surface area contributed by atoms with Gasteiger partial charge in [0.1, 0.15) is 11.6 Å². The summed E-state index contributed by atoms with van der Waals surface area (Å²) < 4.78 is 5.21. The standard InChI is InChI=1S/C22H26N4O3/c1-14-18-12-20(28)26(13-16-7-9-17(29-3)10-8-16)22(18)24-21(23-14)19-6-4-5-11-25(19)15(2)27/h7-10,19H,4-6,11-13H2,1-3H3. The SMILES string of the molecule is COc1ccc(CN2C(=O)Cc3c(C)nc(C4CCCCN4C(C)=O)nc32)cc1. The van der Waals surface area contributed by atoms with Crippen LogP contribution in [-0.4, -0.2) is 40.3 Å². The van der Waals surface area contributed by atoms with E-state index in [-0.39, 0.29) is 17.9 Å². The molecule has 2 aliphatic heterocycles. The first-order valence-corrected chi connectivity index (χ1v) is 10.1. The van der Waals surface area contributed by atoms with Crippen molar-refractivity contribution in [1.82, 2.24) is 14.9 Å². The molecule has 1 unspecified atom stereocenters. The van der Waals surface area contributed by atoms with Crippen LogP contribution in [-0.2, 0) is 22.6 Å². The minimum Gasteiger partial charge on any atom is -0.497 e. The van der Waals surface area contributed by atoms with Crippen molar-refractivity contribution in [3.05, 3.63) is 46.9 Å². The highest BCUT2D eigenvalue weighted by Crippen LogP contribution is 2.35. The summed E-state index contributed by atoms with van der Waals surface area (Å²) in [6.45, 7) is 4.70. The second-order valence-electron chi connectivity index (χ2n) is 7.70. The number of anilines is 1. The molecule has 1 aromatic heterocycles. The van der Waals surface area contributed by atoms with E-state index in [0.717, 1.165) is 48.4 Å². The van der Waals surface area contributed by atoms with E-state index in [0.29, 0.717) is 24.6 Å². The van der Waals surface area contributed by atoms with Gasteiger partial charge in [0.15, 0.2) is 5.82 Å². The molecule has 1 aromatic carbocycles. The highest BCUT2D eigenvalue weighted by molar-refractivity contribution is 6.00. The molecule has 0 aliphatic carbocycles. The van der Waals surface area contributed by atoms with Crippen molar-refractivity contribution in [2.45, 2.75) is 52.1 Å². The number of benzene rings is 1. The molecular formula is C22H26N4O3. The van der Waals surface area contributed by atoms with Gasteiger partial charge in [0.2, 0.25) is 11.8 Å². The molecule has 2 amide bonds. The van der Waals surface area contributed by atoms with Crippen LogP contribution in [0.25, 0.3) is 0 Å². The second-order valence-corrected chi connectivity index (χ2v) is 7.70. The lowest BCUT2D eigenvalue weighted by molar-refractivity contribution is -0.132. The Morgan fingerprint density at radius 3 is 2.66 bits per heavy atom. The molecule has 1 saturated heterocycles. The van der Waals surface area contributed by atoms with Gasteiger partial charge >= 0.3 is 0 Å². The van der Waals surface area contributed by atoms with Gasteiger partial charge in [-0.2, -0.15) is 0 Å². The van der Waals surface area contributed by atoms with Crippen LogP contribution in [0.1, 0.15) is 54.9 Å². The fourth-order valence-electron chi connectivity index (χ4n) is 4.20. The molecule has 1 atom stereocenters. The summed E-state index contributed by atoms with van der Waals surface area (Å²) in [5.74, 6) is 2.18. The molecule has 0 N–H and O–H groups in total. The average Bonchev–Trinajstić information content (AvgIpc) is 3.04. The largest absolute Gasteiger partial charge is 0.497 e. The smallest absolute Gasteiger partial charge is 0.233 e. The van der Waals surface area contributed by atoms with E-state index < -0.39 is 0 Å². The molecule has 7 nitrogen and oxygen atoms in total. The fourth-order valence-corrected chi connectivity index (χ4v) is 4.20. The van der Waals surface area contributed by atoms with Crippen LogP contribution < -0.4 is 9.64 Å². The van der Waals surface area contributed by atoms with Crippen LogP contribution in [0.2, 0.25) is 0 Å². The Morgan fingerprint density at radius 1 is 1.21 bits per heavy atom. The van der Waals surface area contributed by atoms with E-state index in [1.165, 1.54) is 0 Å². The van der Waals surface area contributed by atoms with Crippen LogP contribution in [0, 0.1) is 6.92 Å². The van der Waals surface area contributed by atoms with E-state index in [9.17, 15) is 9.59 Å². The number of amides is 2. The van der Waals surface area contributed by atoms with E-state index in [2.05, 4.69) is 0 Å². The van der Waals surface area contributed by atoms with Crippen molar-refractivity contribution in [1.29, 1.82) is 0 Å². The normalized spacial score (nSPS) is 18.7. The maximum absolute atomic E-state index is 12.7. The maximum atomic E-state index is 12.7. The molecule has 152 valence electrons. The monoisotopic (exact) mass is 394 g/mol. The van der Waals surface area contributed by atoms with Crippen molar-refractivity contribution in [2.24, 2.45) is 0 Å². The van der Waals surface area contributed by atoms with Crippen molar-refractivity contribution >= 4 is 17.6 Å². The molecule has 7 heteroatoms. The van der Waals surface area contributed by atoms with E-state index in [1.54, 1.807) is 18.9 Å². The summed E-state index contributed by atoms with van der Waals surface area (Å²) in [5, 5.41) is 0. The quantitative estimate of drug-likeness (QED) is 0.797. The van der Waals surface area contributed by atoms with Gasteiger partial charge in [0.25, 0.3) is 0 Å². The van der Waals surface area contributed by atoms with E-state index in [4.69, 9.17) is 14.7 Å². The Kier molecular flexibility index (Phi) is 5.22. The first-order valence-electron chi connectivity index (χ1n) is 10.1. The Bertz CT molecular complexity index is 942. The number of nitrogens with zero attached hydrogens (tertiary/aromatic N) is 4. The first-order chi connectivity index (χ1) is 14.0. The lowest BCUT2D eigenvalue weighted by atomic mass is 10.0. The number of ether oxygens (including phenoxy) is 1. The van der Waals surface area contributed by atoms with E-state index in [1.807, 2.05) is 36.1 Å². The van der Waals surface area contributed by atoms with Gasteiger partial charge in [-0.15, -0.1) is 0 Å². The summed E-state index contributed by atoms with van der Waals surface area (Å²) in [4.78, 5) is 37.9. The predicted octanol–water partition coefficient (Wildman–Crippen LogP) is 2.96. The molecule has 0 bridgehead atoms. The van der Waals surface area contributed by atoms with Crippen molar-refractivity contribution in [3.8, 4) is 5.75 Å². The van der Waals surface area contributed by atoms with Gasteiger partial charge in [0, 0.05) is 24.7 Å². The van der Waals surface area contributed by atoms with Crippen molar-refractivity contribution < 1.29 is 14.3 Å². The zero-order chi connectivity index (χ0) is 20.5. The van der Waals surface area contributed by atoms with Gasteiger partial charge in [0.05, 0.1) is 26.1 Å². The third-order valence-corrected chi connectivity index (χ3v) is 5.80. The first kappa shape index (κ1) is 19.4. The molecule has 4 rings (SSSR count). The summed E-state index contributed by atoms with van der Waals surface area (Å²) in [6, 6.07) is 7.57. The van der Waals surface area contributed by atoms with Gasteiger partial charge in [-0.3, -0.25) is 14.5 Å². The topological polar surface area (TPSA) is 75.6 Å². The number of hydrogen-bond donors (Lipinski definition) is 0. The summed E-state index contributed by atoms with van der Waals surface area (Å²) in [7, 11) is 1.63. The van der Waals surface area contributed by atoms with Crippen LogP contribution >= 0.6 is 0 Å². The number of methoxy groups -OCH3 is 1. The van der Waals surface area contributed by atoms with Crippen LogP contribution in [0.15, 0.2) is 24.3 Å². The number of likely N-dealkylation sites (tertiary alicyclic amines) is 1. The number of aryl methyl sites for hydroxylation is 1. The second kappa shape index (κ2) is 7.81. The minimum absolute atomic E-state index is 0.0254. The zero-order valence-electron chi connectivity index (χ0n) is 17.1. The lowest BCUT2D eigenvalue weighted by Gasteiger charge is -2.34. The fraction of sp³-hybridized carbons (Fsp3) is 0.455. The predicted molar refractivity (Wildman–Crippen MR) is 109 cm³/mol. The summed E-state index contributed by atoms with van der Waals surface area (Å²) >= 11 is 0. The van der Waals surface area contributed by atoms with Gasteiger partial charge in [-0.25, -0.2) is 9.97 Å². The minimum atomic E-state index is -0.121. The van der Waals surface area contributed by atoms with E-state index >= 15 is 0 Å². The number of piperidine rings is 1. The lowest BCUT2D eigenvalue weighted by Crippen LogP contribution is -2.38. The molecule has 0 radical (unpaired) electrons.